The summed E-state index contributed by atoms with van der Waals surface area (Å²) in [5, 5.41) is 0. The Morgan fingerprint density at radius 1 is 1.19 bits per heavy atom. The Labute approximate surface area is 156 Å². The Balaban J connectivity index is 1.62. The maximum absolute atomic E-state index is 12.9. The van der Waals surface area contributed by atoms with E-state index in [1.807, 2.05) is 6.92 Å². The van der Waals surface area contributed by atoms with Crippen LogP contribution in [0.5, 0.6) is 0 Å². The summed E-state index contributed by atoms with van der Waals surface area (Å²) in [6.45, 7) is 2.53. The highest BCUT2D eigenvalue weighted by Crippen LogP contribution is 2.31. The maximum atomic E-state index is 12.9. The lowest BCUT2D eigenvalue weighted by Gasteiger charge is -2.45. The van der Waals surface area contributed by atoms with Crippen LogP contribution >= 0.6 is 0 Å². The number of fused-ring (bicyclic) bond motifs is 1. The first kappa shape index (κ1) is 17.9. The number of hydrogen-bond acceptors (Lipinski definition) is 6. The van der Waals surface area contributed by atoms with E-state index in [1.54, 1.807) is 34.1 Å². The van der Waals surface area contributed by atoms with Gasteiger partial charge in [0, 0.05) is 19.3 Å². The predicted octanol–water partition coefficient (Wildman–Crippen LogP) is 0.305. The largest absolute Gasteiger partial charge is 0.330 e. The molecule has 0 radical (unpaired) electrons. The number of pyridine rings is 1. The summed E-state index contributed by atoms with van der Waals surface area (Å²) in [4.78, 5) is 31.5. The molecule has 1 saturated carbocycles. The number of carbonyl (C=O) groups excluding carboxylic acids is 1. The fraction of sp³-hybridized carbons (Fsp3) is 0.471. The molecule has 2 atom stereocenters. The number of nitrogens with zero attached hydrogens (tertiary/aromatic N) is 4. The number of imidazole rings is 1. The molecule has 2 aliphatic rings. The van der Waals surface area contributed by atoms with E-state index in [4.69, 9.17) is 4.18 Å². The lowest BCUT2D eigenvalue weighted by molar-refractivity contribution is -0.00233. The van der Waals surface area contributed by atoms with Gasteiger partial charge in [-0.1, -0.05) is 0 Å². The minimum absolute atomic E-state index is 0.254. The molecule has 1 aliphatic heterocycles. The van der Waals surface area contributed by atoms with Gasteiger partial charge in [-0.2, -0.15) is 8.42 Å². The van der Waals surface area contributed by atoms with Crippen LogP contribution < -0.4 is 5.56 Å². The highest BCUT2D eigenvalue weighted by molar-refractivity contribution is 7.86. The van der Waals surface area contributed by atoms with Gasteiger partial charge >= 0.3 is 0 Å². The van der Waals surface area contributed by atoms with Crippen LogP contribution in [0.15, 0.2) is 29.5 Å². The van der Waals surface area contributed by atoms with Crippen LogP contribution in [0.3, 0.4) is 0 Å². The van der Waals surface area contributed by atoms with E-state index in [0.29, 0.717) is 37.3 Å². The van der Waals surface area contributed by atoms with Gasteiger partial charge in [-0.05, 0) is 31.9 Å². The van der Waals surface area contributed by atoms with Gasteiger partial charge in [0.15, 0.2) is 0 Å². The van der Waals surface area contributed by atoms with Crippen molar-refractivity contribution in [2.75, 3.05) is 12.8 Å². The number of carbonyl (C=O) groups is 1. The van der Waals surface area contributed by atoms with Crippen LogP contribution in [0.4, 0.5) is 0 Å². The van der Waals surface area contributed by atoms with E-state index in [2.05, 4.69) is 4.98 Å². The van der Waals surface area contributed by atoms with Crippen molar-refractivity contribution in [1.82, 2.24) is 19.0 Å². The van der Waals surface area contributed by atoms with Crippen molar-refractivity contribution < 1.29 is 17.4 Å². The van der Waals surface area contributed by atoms with Gasteiger partial charge in [0.25, 0.3) is 21.6 Å². The molecule has 3 heterocycles. The fourth-order valence-electron chi connectivity index (χ4n) is 3.64. The first-order valence-corrected chi connectivity index (χ1v) is 10.5. The first-order valence-electron chi connectivity index (χ1n) is 8.68. The highest BCUT2D eigenvalue weighted by Gasteiger charge is 2.42. The number of rotatable bonds is 4. The fourth-order valence-corrected chi connectivity index (χ4v) is 4.32. The van der Waals surface area contributed by atoms with Gasteiger partial charge in [0.1, 0.15) is 11.4 Å². The summed E-state index contributed by atoms with van der Waals surface area (Å²) in [5.74, 6) is -0.279. The summed E-state index contributed by atoms with van der Waals surface area (Å²) in [7, 11) is -3.58. The van der Waals surface area contributed by atoms with Crippen molar-refractivity contribution in [2.24, 2.45) is 0 Å². The molecule has 1 fully saturated rings. The van der Waals surface area contributed by atoms with Crippen molar-refractivity contribution in [3.63, 3.8) is 0 Å². The van der Waals surface area contributed by atoms with Crippen LogP contribution in [0.2, 0.25) is 0 Å². The standard InChI is InChI=1S/C17H20N4O5S/c1-11-9-19(10-18-11)13-3-4-14-17(23)20(7-8-21(14)16(13)22)12-5-6-15(12)26-27(2,24)25/h3-4,9-10,12,15H,5-8H2,1-2H3. The second kappa shape index (κ2) is 6.31. The molecule has 2 aromatic heterocycles. The lowest BCUT2D eigenvalue weighted by atomic mass is 9.87. The second-order valence-corrected chi connectivity index (χ2v) is 8.57. The van der Waals surface area contributed by atoms with E-state index < -0.39 is 16.2 Å². The zero-order valence-corrected chi connectivity index (χ0v) is 15.8. The van der Waals surface area contributed by atoms with Crippen molar-refractivity contribution >= 4 is 16.0 Å². The van der Waals surface area contributed by atoms with Crippen molar-refractivity contribution in [1.29, 1.82) is 0 Å². The van der Waals surface area contributed by atoms with Crippen LogP contribution in [0.25, 0.3) is 5.69 Å². The third-order valence-electron chi connectivity index (χ3n) is 5.06. The zero-order valence-electron chi connectivity index (χ0n) is 15.0. The molecule has 2 unspecified atom stereocenters. The van der Waals surface area contributed by atoms with E-state index in [-0.39, 0.29) is 17.5 Å². The van der Waals surface area contributed by atoms with Gasteiger partial charge < -0.3 is 14.0 Å². The lowest BCUT2D eigenvalue weighted by Crippen LogP contribution is -2.58. The normalized spacial score (nSPS) is 22.4. The molecule has 0 spiro atoms. The first-order chi connectivity index (χ1) is 12.7. The Morgan fingerprint density at radius 3 is 2.56 bits per heavy atom. The van der Waals surface area contributed by atoms with Gasteiger partial charge in [-0.3, -0.25) is 13.8 Å². The van der Waals surface area contributed by atoms with Crippen molar-refractivity contribution in [3.05, 3.63) is 46.4 Å². The average Bonchev–Trinajstić information content (AvgIpc) is 3.00. The quantitative estimate of drug-likeness (QED) is 0.694. The van der Waals surface area contributed by atoms with Crippen LogP contribution in [-0.2, 0) is 20.8 Å². The topological polar surface area (TPSA) is 104 Å². The Hall–Kier alpha value is -2.46. The number of aromatic nitrogens is 3. The molecule has 1 aliphatic carbocycles. The van der Waals surface area contributed by atoms with E-state index in [9.17, 15) is 18.0 Å². The molecule has 4 rings (SSSR count). The maximum Gasteiger partial charge on any atom is 0.275 e. The van der Waals surface area contributed by atoms with Gasteiger partial charge in [0.2, 0.25) is 0 Å². The van der Waals surface area contributed by atoms with E-state index in [0.717, 1.165) is 11.9 Å². The molecule has 0 saturated heterocycles. The molecular formula is C17H20N4O5S. The molecular weight excluding hydrogens is 372 g/mol. The molecule has 10 heteroatoms. The summed E-state index contributed by atoms with van der Waals surface area (Å²) in [5.41, 5.74) is 1.27. The third kappa shape index (κ3) is 3.19. The summed E-state index contributed by atoms with van der Waals surface area (Å²) in [6.07, 6.45) is 5.08. The SMILES string of the molecule is Cc1cn(-c2ccc3n(c2=O)CCN(C2CCC2OS(C)(=O)=O)C3=O)cn1. The smallest absolute Gasteiger partial charge is 0.275 e. The Bertz CT molecular complexity index is 1070. The Morgan fingerprint density at radius 2 is 1.96 bits per heavy atom. The van der Waals surface area contributed by atoms with Gasteiger partial charge in [-0.15, -0.1) is 0 Å². The molecule has 0 aromatic carbocycles. The van der Waals surface area contributed by atoms with Gasteiger partial charge in [-0.25, -0.2) is 4.98 Å². The van der Waals surface area contributed by atoms with Crippen LogP contribution in [-0.4, -0.2) is 58.3 Å². The monoisotopic (exact) mass is 392 g/mol. The summed E-state index contributed by atoms with van der Waals surface area (Å²) >= 11 is 0. The van der Waals surface area contributed by atoms with E-state index in [1.165, 1.54) is 4.57 Å². The van der Waals surface area contributed by atoms with Gasteiger partial charge in [0.05, 0.1) is 30.4 Å². The van der Waals surface area contributed by atoms with Crippen LogP contribution in [0, 0.1) is 6.92 Å². The highest BCUT2D eigenvalue weighted by atomic mass is 32.2. The molecule has 27 heavy (non-hydrogen) atoms. The van der Waals surface area contributed by atoms with Crippen LogP contribution in [0.1, 0.15) is 29.0 Å². The number of hydrogen-bond donors (Lipinski definition) is 0. The average molecular weight is 392 g/mol. The molecule has 144 valence electrons. The molecule has 0 bridgehead atoms. The predicted molar refractivity (Wildman–Crippen MR) is 96.3 cm³/mol. The summed E-state index contributed by atoms with van der Waals surface area (Å²) in [6, 6.07) is 2.96. The van der Waals surface area contributed by atoms with Crippen molar-refractivity contribution in [2.45, 2.75) is 38.5 Å². The number of aryl methyl sites for hydroxylation is 1. The minimum atomic E-state index is -3.58. The Kier molecular flexibility index (Phi) is 4.19. The van der Waals surface area contributed by atoms with E-state index >= 15 is 0 Å². The third-order valence-corrected chi connectivity index (χ3v) is 5.66. The molecule has 2 aromatic rings. The molecule has 9 nitrogen and oxygen atoms in total. The second-order valence-electron chi connectivity index (χ2n) is 6.96. The summed E-state index contributed by atoms with van der Waals surface area (Å²) < 4.78 is 31.0. The number of amides is 1. The molecule has 0 N–H and O–H groups in total. The molecule has 1 amide bonds. The zero-order chi connectivity index (χ0) is 19.3. The minimum Gasteiger partial charge on any atom is -0.330 e. The van der Waals surface area contributed by atoms with Crippen molar-refractivity contribution in [3.8, 4) is 5.69 Å².